The third-order valence-electron chi connectivity index (χ3n) is 3.41. The maximum atomic E-state index is 11.7. The molecule has 0 bridgehead atoms. The van der Waals surface area contributed by atoms with Gasteiger partial charge in [0.2, 0.25) is 0 Å². The molecule has 1 unspecified atom stereocenters. The summed E-state index contributed by atoms with van der Waals surface area (Å²) in [5.74, 6) is 1.28. The van der Waals surface area contributed by atoms with Crippen LogP contribution >= 0.6 is 0 Å². The Morgan fingerprint density at radius 2 is 2.22 bits per heavy atom. The second-order valence-corrected chi connectivity index (χ2v) is 7.06. The zero-order valence-electron chi connectivity index (χ0n) is 9.91. The number of nitrogen functional groups attached to an aromatic ring is 1. The molecular formula is C12H15N3O2S. The van der Waals surface area contributed by atoms with E-state index >= 15 is 0 Å². The zero-order valence-corrected chi connectivity index (χ0v) is 10.7. The fourth-order valence-electron chi connectivity index (χ4n) is 2.56. The van der Waals surface area contributed by atoms with Crippen molar-refractivity contribution in [3.63, 3.8) is 0 Å². The van der Waals surface area contributed by atoms with Crippen molar-refractivity contribution in [2.24, 2.45) is 0 Å². The second kappa shape index (κ2) is 3.98. The minimum atomic E-state index is -2.92. The molecule has 1 fully saturated rings. The molecule has 0 amide bonds. The van der Waals surface area contributed by atoms with Gasteiger partial charge in [-0.25, -0.2) is 13.4 Å². The highest BCUT2D eigenvalue weighted by Gasteiger charge is 2.28. The van der Waals surface area contributed by atoms with Gasteiger partial charge in [-0.05, 0) is 25.0 Å². The highest BCUT2D eigenvalue weighted by molar-refractivity contribution is 7.91. The average molecular weight is 265 g/mol. The number of rotatable bonds is 1. The van der Waals surface area contributed by atoms with Crippen LogP contribution in [-0.4, -0.2) is 29.3 Å². The van der Waals surface area contributed by atoms with Gasteiger partial charge in [0.25, 0.3) is 0 Å². The van der Waals surface area contributed by atoms with E-state index in [1.165, 1.54) is 0 Å². The van der Waals surface area contributed by atoms with Crippen molar-refractivity contribution in [3.05, 3.63) is 30.4 Å². The van der Waals surface area contributed by atoms with Crippen LogP contribution in [0, 0.1) is 0 Å². The molecule has 1 atom stereocenters. The van der Waals surface area contributed by atoms with Crippen LogP contribution in [0.15, 0.2) is 24.5 Å². The molecule has 1 saturated heterocycles. The fourth-order valence-corrected chi connectivity index (χ4v) is 4.26. The maximum Gasteiger partial charge on any atom is 0.151 e. The van der Waals surface area contributed by atoms with Gasteiger partial charge in [-0.15, -0.1) is 0 Å². The Kier molecular flexibility index (Phi) is 2.55. The first-order chi connectivity index (χ1) is 8.55. The number of nitrogens with zero attached hydrogens (tertiary/aromatic N) is 2. The molecule has 0 saturated carbocycles. The van der Waals surface area contributed by atoms with Gasteiger partial charge in [0, 0.05) is 17.8 Å². The Hall–Kier alpha value is -1.56. The molecule has 3 rings (SSSR count). The smallest absolute Gasteiger partial charge is 0.151 e. The molecule has 0 aliphatic carbocycles. The number of hydrogen-bond acceptors (Lipinski definition) is 4. The Morgan fingerprint density at radius 3 is 3.00 bits per heavy atom. The van der Waals surface area contributed by atoms with Crippen LogP contribution in [-0.2, 0) is 9.84 Å². The summed E-state index contributed by atoms with van der Waals surface area (Å²) in [7, 11) is -2.92. The lowest BCUT2D eigenvalue weighted by Gasteiger charge is -2.20. The van der Waals surface area contributed by atoms with E-state index in [0.29, 0.717) is 17.9 Å². The summed E-state index contributed by atoms with van der Waals surface area (Å²) in [6.45, 7) is 0. The van der Waals surface area contributed by atoms with E-state index in [1.54, 1.807) is 12.4 Å². The van der Waals surface area contributed by atoms with E-state index in [2.05, 4.69) is 4.98 Å². The molecule has 0 spiro atoms. The minimum absolute atomic E-state index is 0.0203. The maximum absolute atomic E-state index is 11.7. The van der Waals surface area contributed by atoms with Gasteiger partial charge in [0.1, 0.15) is 5.82 Å². The molecule has 2 N–H and O–H groups in total. The summed E-state index contributed by atoms with van der Waals surface area (Å²) < 4.78 is 25.3. The highest BCUT2D eigenvalue weighted by Crippen LogP contribution is 2.28. The highest BCUT2D eigenvalue weighted by atomic mass is 32.2. The molecule has 1 aliphatic heterocycles. The molecule has 2 aromatic rings. The lowest BCUT2D eigenvalue weighted by Crippen LogP contribution is -2.25. The van der Waals surface area contributed by atoms with E-state index in [0.717, 1.165) is 17.8 Å². The van der Waals surface area contributed by atoms with Gasteiger partial charge >= 0.3 is 0 Å². The third-order valence-corrected chi connectivity index (χ3v) is 5.23. The Labute approximate surface area is 106 Å². The second-order valence-electron chi connectivity index (χ2n) is 4.83. The van der Waals surface area contributed by atoms with Gasteiger partial charge in [-0.3, -0.25) is 0 Å². The van der Waals surface area contributed by atoms with Crippen LogP contribution < -0.4 is 5.73 Å². The zero-order chi connectivity index (χ0) is 12.8. The summed E-state index contributed by atoms with van der Waals surface area (Å²) in [4.78, 5) is 4.37. The number of fused-ring (bicyclic) bond motifs is 1. The monoisotopic (exact) mass is 265 g/mol. The van der Waals surface area contributed by atoms with Crippen molar-refractivity contribution in [1.29, 1.82) is 0 Å². The van der Waals surface area contributed by atoms with Gasteiger partial charge in [-0.2, -0.15) is 0 Å². The van der Waals surface area contributed by atoms with Gasteiger partial charge in [0.05, 0.1) is 23.2 Å². The van der Waals surface area contributed by atoms with Gasteiger partial charge in [-0.1, -0.05) is 0 Å². The SMILES string of the molecule is Nc1ccc2cnc(C3CCCS(=O)(=O)C3)n2c1. The van der Waals surface area contributed by atoms with Crippen LogP contribution in [0.25, 0.3) is 5.52 Å². The lowest BCUT2D eigenvalue weighted by atomic mass is 10.1. The fraction of sp³-hybridized carbons (Fsp3) is 0.417. The van der Waals surface area contributed by atoms with Crippen molar-refractivity contribution in [2.45, 2.75) is 18.8 Å². The largest absolute Gasteiger partial charge is 0.398 e. The number of anilines is 1. The van der Waals surface area contributed by atoms with Crippen LogP contribution in [0.1, 0.15) is 24.6 Å². The first-order valence-electron chi connectivity index (χ1n) is 5.98. The Morgan fingerprint density at radius 1 is 1.39 bits per heavy atom. The standard InChI is InChI=1S/C12H15N3O2S/c13-10-3-4-11-6-14-12(15(11)7-10)9-2-1-5-18(16,17)8-9/h3-4,6-7,9H,1-2,5,8,13H2. The summed E-state index contributed by atoms with van der Waals surface area (Å²) in [6.07, 6.45) is 5.15. The van der Waals surface area contributed by atoms with Crippen molar-refractivity contribution < 1.29 is 8.42 Å². The number of hydrogen-bond donors (Lipinski definition) is 1. The Balaban J connectivity index is 2.06. The molecule has 1 aliphatic rings. The van der Waals surface area contributed by atoms with Crippen LogP contribution in [0.3, 0.4) is 0 Å². The first kappa shape index (κ1) is 11.5. The normalized spacial score (nSPS) is 23.2. The summed E-state index contributed by atoms with van der Waals surface area (Å²) in [6, 6.07) is 3.71. The summed E-state index contributed by atoms with van der Waals surface area (Å²) in [5, 5.41) is 0. The average Bonchev–Trinajstić information content (AvgIpc) is 2.70. The lowest BCUT2D eigenvalue weighted by molar-refractivity contribution is 0.543. The molecule has 18 heavy (non-hydrogen) atoms. The third kappa shape index (κ3) is 1.96. The Bertz CT molecular complexity index is 690. The summed E-state index contributed by atoms with van der Waals surface area (Å²) >= 11 is 0. The molecule has 6 heteroatoms. The molecular weight excluding hydrogens is 250 g/mol. The van der Waals surface area contributed by atoms with Crippen LogP contribution in [0.4, 0.5) is 5.69 Å². The number of aromatic nitrogens is 2. The minimum Gasteiger partial charge on any atom is -0.398 e. The van der Waals surface area contributed by atoms with E-state index in [1.807, 2.05) is 16.5 Å². The van der Waals surface area contributed by atoms with Gasteiger partial charge < -0.3 is 10.1 Å². The molecule has 96 valence electrons. The molecule has 2 aromatic heterocycles. The van der Waals surface area contributed by atoms with E-state index in [9.17, 15) is 8.42 Å². The van der Waals surface area contributed by atoms with E-state index in [4.69, 9.17) is 5.73 Å². The quantitative estimate of drug-likeness (QED) is 0.840. The van der Waals surface area contributed by atoms with Crippen LogP contribution in [0.5, 0.6) is 0 Å². The van der Waals surface area contributed by atoms with Crippen molar-refractivity contribution >= 4 is 21.0 Å². The number of pyridine rings is 1. The molecule has 5 nitrogen and oxygen atoms in total. The molecule has 0 aromatic carbocycles. The molecule has 0 radical (unpaired) electrons. The first-order valence-corrected chi connectivity index (χ1v) is 7.80. The predicted molar refractivity (Wildman–Crippen MR) is 70.2 cm³/mol. The van der Waals surface area contributed by atoms with Gasteiger partial charge in [0.15, 0.2) is 9.84 Å². The van der Waals surface area contributed by atoms with Crippen LogP contribution in [0.2, 0.25) is 0 Å². The predicted octanol–water partition coefficient (Wildman–Crippen LogP) is 1.21. The van der Waals surface area contributed by atoms with Crippen molar-refractivity contribution in [2.75, 3.05) is 17.2 Å². The summed E-state index contributed by atoms with van der Waals surface area (Å²) in [5.41, 5.74) is 7.37. The van der Waals surface area contributed by atoms with E-state index in [-0.39, 0.29) is 11.7 Å². The molecule has 3 heterocycles. The van der Waals surface area contributed by atoms with E-state index < -0.39 is 9.84 Å². The number of nitrogens with two attached hydrogens (primary N) is 1. The number of sulfone groups is 1. The number of imidazole rings is 1. The topological polar surface area (TPSA) is 77.5 Å². The van der Waals surface area contributed by atoms with Crippen molar-refractivity contribution in [3.8, 4) is 0 Å². The van der Waals surface area contributed by atoms with Crippen molar-refractivity contribution in [1.82, 2.24) is 9.38 Å².